The molecule has 0 radical (unpaired) electrons. The van der Waals surface area contributed by atoms with Gasteiger partial charge in [0.1, 0.15) is 0 Å². The normalized spacial score (nSPS) is 12.3. The van der Waals surface area contributed by atoms with Crippen molar-refractivity contribution in [3.05, 3.63) is 54.1 Å². The second-order valence-electron chi connectivity index (χ2n) is 5.66. The van der Waals surface area contributed by atoms with E-state index in [-0.39, 0.29) is 10.9 Å². The van der Waals surface area contributed by atoms with Crippen molar-refractivity contribution in [3.8, 4) is 0 Å². The third-order valence-corrected chi connectivity index (χ3v) is 5.38. The van der Waals surface area contributed by atoms with Gasteiger partial charge in [-0.2, -0.15) is 0 Å². The molecule has 0 saturated carbocycles. The molecule has 0 aliphatic heterocycles. The van der Waals surface area contributed by atoms with E-state index in [4.69, 9.17) is 4.74 Å². The lowest BCUT2D eigenvalue weighted by Crippen LogP contribution is -2.18. The maximum absolute atomic E-state index is 12.1. The number of rotatable bonds is 2. The van der Waals surface area contributed by atoms with Gasteiger partial charge < -0.3 is 14.5 Å². The van der Waals surface area contributed by atoms with Gasteiger partial charge in [0, 0.05) is 0 Å². The van der Waals surface area contributed by atoms with Gasteiger partial charge in [-0.05, 0) is 38.4 Å². The zero-order chi connectivity index (χ0) is 17.1. The topological polar surface area (TPSA) is 83.8 Å². The molecule has 4 aromatic rings. The van der Waals surface area contributed by atoms with Gasteiger partial charge in [0.25, 0.3) is 0 Å². The van der Waals surface area contributed by atoms with E-state index in [2.05, 4.69) is 0 Å². The first-order valence-corrected chi connectivity index (χ1v) is 8.88. The smallest absolute Gasteiger partial charge is 0.357 e. The number of hydrogen-bond acceptors (Lipinski definition) is 3. The zero-order valence-corrected chi connectivity index (χ0v) is 13.6. The fraction of sp³-hybridized carbons (Fsp3) is 0.0556. The molecule has 0 aromatic heterocycles. The standard InChI is InChI=1S/C18H13O5P/c1-23-18(19)14-9-12-6-5-10-3-2-4-11-7-8-13(16(12)15(10)11)17(14)24(20,21)22/h2-9H,1H3,(H2,20,21,22). The van der Waals surface area contributed by atoms with Crippen LogP contribution in [-0.4, -0.2) is 22.9 Å². The molecule has 0 fully saturated rings. The summed E-state index contributed by atoms with van der Waals surface area (Å²) >= 11 is 0. The Labute approximate surface area is 137 Å². The van der Waals surface area contributed by atoms with Crippen molar-refractivity contribution in [2.24, 2.45) is 0 Å². The largest absolute Gasteiger partial charge is 0.465 e. The van der Waals surface area contributed by atoms with Gasteiger partial charge in [0.05, 0.1) is 18.0 Å². The molecule has 4 aromatic carbocycles. The van der Waals surface area contributed by atoms with E-state index in [1.54, 1.807) is 6.07 Å². The number of hydrogen-bond donors (Lipinski definition) is 2. The predicted octanol–water partition coefficient (Wildman–Crippen LogP) is 3.17. The maximum atomic E-state index is 12.1. The van der Waals surface area contributed by atoms with E-state index < -0.39 is 13.6 Å². The Morgan fingerprint density at radius 2 is 1.58 bits per heavy atom. The molecule has 0 aliphatic carbocycles. The molecule has 5 nitrogen and oxygen atoms in total. The molecular weight excluding hydrogens is 327 g/mol. The molecular formula is C18H13O5P. The molecule has 120 valence electrons. The lowest BCUT2D eigenvalue weighted by molar-refractivity contribution is 0.0602. The Kier molecular flexibility index (Phi) is 3.15. The van der Waals surface area contributed by atoms with Gasteiger partial charge in [-0.15, -0.1) is 0 Å². The number of ether oxygens (including phenoxy) is 1. The van der Waals surface area contributed by atoms with E-state index in [0.717, 1.165) is 26.9 Å². The highest BCUT2D eigenvalue weighted by molar-refractivity contribution is 7.61. The van der Waals surface area contributed by atoms with E-state index in [9.17, 15) is 19.1 Å². The van der Waals surface area contributed by atoms with Crippen LogP contribution in [-0.2, 0) is 9.30 Å². The van der Waals surface area contributed by atoms with Crippen molar-refractivity contribution >= 4 is 51.2 Å². The minimum Gasteiger partial charge on any atom is -0.465 e. The second kappa shape index (κ2) is 5.02. The van der Waals surface area contributed by atoms with Crippen molar-refractivity contribution in [2.75, 3.05) is 7.11 Å². The Morgan fingerprint density at radius 1 is 0.958 bits per heavy atom. The Morgan fingerprint density at radius 3 is 2.21 bits per heavy atom. The van der Waals surface area contributed by atoms with E-state index in [1.165, 1.54) is 13.2 Å². The Balaban J connectivity index is 2.32. The summed E-state index contributed by atoms with van der Waals surface area (Å²) in [5, 5.41) is 4.48. The Hall–Kier alpha value is -2.46. The molecule has 0 atom stereocenters. The molecule has 0 aliphatic rings. The molecule has 0 spiro atoms. The van der Waals surface area contributed by atoms with Crippen LogP contribution in [0.15, 0.2) is 48.5 Å². The van der Waals surface area contributed by atoms with Crippen LogP contribution in [0.5, 0.6) is 0 Å². The van der Waals surface area contributed by atoms with E-state index in [1.807, 2.05) is 36.4 Å². The van der Waals surface area contributed by atoms with Gasteiger partial charge in [-0.25, -0.2) is 4.79 Å². The summed E-state index contributed by atoms with van der Waals surface area (Å²) in [7, 11) is -3.49. The minimum absolute atomic E-state index is 0.100. The highest BCUT2D eigenvalue weighted by Gasteiger charge is 2.30. The number of methoxy groups -OCH3 is 1. The highest BCUT2D eigenvalue weighted by atomic mass is 31.2. The molecule has 0 heterocycles. The van der Waals surface area contributed by atoms with Gasteiger partial charge in [-0.1, -0.05) is 42.5 Å². The van der Waals surface area contributed by atoms with E-state index >= 15 is 0 Å². The summed E-state index contributed by atoms with van der Waals surface area (Å²) in [5.41, 5.74) is -0.100. The van der Waals surface area contributed by atoms with Crippen molar-refractivity contribution < 1.29 is 23.9 Å². The molecule has 0 bridgehead atoms. The maximum Gasteiger partial charge on any atom is 0.357 e. The van der Waals surface area contributed by atoms with Crippen molar-refractivity contribution in [3.63, 3.8) is 0 Å². The lowest BCUT2D eigenvalue weighted by Gasteiger charge is -2.17. The molecule has 2 N–H and O–H groups in total. The monoisotopic (exact) mass is 340 g/mol. The third kappa shape index (κ3) is 2.03. The predicted molar refractivity (Wildman–Crippen MR) is 93.2 cm³/mol. The van der Waals surface area contributed by atoms with Gasteiger partial charge in [0.15, 0.2) is 0 Å². The lowest BCUT2D eigenvalue weighted by atomic mass is 9.93. The summed E-state index contributed by atoms with van der Waals surface area (Å²) < 4.78 is 16.8. The molecule has 6 heteroatoms. The van der Waals surface area contributed by atoms with Crippen molar-refractivity contribution in [1.29, 1.82) is 0 Å². The molecule has 0 amide bonds. The van der Waals surface area contributed by atoms with Crippen molar-refractivity contribution in [1.82, 2.24) is 0 Å². The van der Waals surface area contributed by atoms with Crippen LogP contribution in [0.25, 0.3) is 32.3 Å². The summed E-state index contributed by atoms with van der Waals surface area (Å²) in [6.45, 7) is 0. The molecule has 0 unspecified atom stereocenters. The van der Waals surface area contributed by atoms with Crippen LogP contribution >= 0.6 is 7.60 Å². The molecule has 4 rings (SSSR count). The molecule has 0 saturated heterocycles. The van der Waals surface area contributed by atoms with Crippen LogP contribution in [0.1, 0.15) is 10.4 Å². The average Bonchev–Trinajstić information content (AvgIpc) is 2.57. The zero-order valence-electron chi connectivity index (χ0n) is 12.7. The first-order valence-electron chi connectivity index (χ1n) is 7.27. The second-order valence-corrected chi connectivity index (χ2v) is 7.20. The summed E-state index contributed by atoms with van der Waals surface area (Å²) in [5.74, 6) is -0.765. The molecule has 24 heavy (non-hydrogen) atoms. The summed E-state index contributed by atoms with van der Waals surface area (Å²) in [6, 6.07) is 14.6. The summed E-state index contributed by atoms with van der Waals surface area (Å²) in [6.07, 6.45) is 0. The Bertz CT molecular complexity index is 1140. The van der Waals surface area contributed by atoms with E-state index in [0.29, 0.717) is 5.39 Å². The van der Waals surface area contributed by atoms with Gasteiger partial charge in [-0.3, -0.25) is 4.57 Å². The third-order valence-electron chi connectivity index (χ3n) is 4.32. The van der Waals surface area contributed by atoms with Crippen LogP contribution in [0.3, 0.4) is 0 Å². The average molecular weight is 340 g/mol. The van der Waals surface area contributed by atoms with Crippen LogP contribution in [0.4, 0.5) is 0 Å². The SMILES string of the molecule is COC(=O)c1cc2ccc3cccc4ccc(c1P(=O)(O)O)c2c34. The quantitative estimate of drug-likeness (QED) is 0.333. The fourth-order valence-corrected chi connectivity index (χ4v) is 4.34. The first-order chi connectivity index (χ1) is 11.4. The van der Waals surface area contributed by atoms with Crippen molar-refractivity contribution in [2.45, 2.75) is 0 Å². The number of carbonyl (C=O) groups excluding carboxylic acids is 1. The first kappa shape index (κ1) is 15.1. The van der Waals surface area contributed by atoms with Gasteiger partial charge >= 0.3 is 13.6 Å². The number of benzene rings is 4. The van der Waals surface area contributed by atoms with Crippen LogP contribution in [0, 0.1) is 0 Å². The fourth-order valence-electron chi connectivity index (χ4n) is 3.38. The summed E-state index contributed by atoms with van der Waals surface area (Å²) in [4.78, 5) is 31.8. The number of carbonyl (C=O) groups is 1. The van der Waals surface area contributed by atoms with Gasteiger partial charge in [0.2, 0.25) is 0 Å². The number of esters is 1. The van der Waals surface area contributed by atoms with Crippen LogP contribution < -0.4 is 5.30 Å². The minimum atomic E-state index is -4.68. The van der Waals surface area contributed by atoms with Crippen LogP contribution in [0.2, 0.25) is 0 Å². The highest BCUT2D eigenvalue weighted by Crippen LogP contribution is 2.42.